The molecule has 2 N–H and O–H groups in total. The van der Waals surface area contributed by atoms with Crippen LogP contribution in [0.15, 0.2) is 54.0 Å². The molecule has 0 atom stereocenters. The molecule has 0 radical (unpaired) electrons. The fourth-order valence-electron chi connectivity index (χ4n) is 2.04. The Morgan fingerprint density at radius 1 is 1.17 bits per heavy atom. The van der Waals surface area contributed by atoms with Gasteiger partial charge in [-0.2, -0.15) is 0 Å². The molecule has 3 aromatic rings. The Hall–Kier alpha value is -2.44. The highest BCUT2D eigenvalue weighted by atomic mass is 35.5. The zero-order valence-corrected chi connectivity index (χ0v) is 14.3. The topological polar surface area (TPSA) is 66.9 Å². The first-order valence-electron chi connectivity index (χ1n) is 7.37. The van der Waals surface area contributed by atoms with E-state index in [0.717, 1.165) is 16.4 Å². The number of rotatable bonds is 5. The van der Waals surface area contributed by atoms with Crippen LogP contribution in [0.2, 0.25) is 5.02 Å². The predicted octanol–water partition coefficient (Wildman–Crippen LogP) is 4.22. The minimum atomic E-state index is -0.252. The highest BCUT2D eigenvalue weighted by Crippen LogP contribution is 2.21. The number of hydrogen-bond acceptors (Lipinski definition) is 4. The summed E-state index contributed by atoms with van der Waals surface area (Å²) in [5.41, 5.74) is 2.50. The van der Waals surface area contributed by atoms with Gasteiger partial charge < -0.3 is 10.6 Å². The van der Waals surface area contributed by atoms with Crippen LogP contribution in [0.3, 0.4) is 0 Å². The summed E-state index contributed by atoms with van der Waals surface area (Å²) in [6.07, 6.45) is 2.41. The highest BCUT2D eigenvalue weighted by Gasteiger charge is 2.06. The molecule has 0 bridgehead atoms. The molecule has 0 aliphatic carbocycles. The maximum atomic E-state index is 11.8. The molecule has 0 unspecified atom stereocenters. The van der Waals surface area contributed by atoms with E-state index in [1.54, 1.807) is 41.8 Å². The zero-order valence-electron chi connectivity index (χ0n) is 12.7. The van der Waals surface area contributed by atoms with Gasteiger partial charge in [-0.15, -0.1) is 11.3 Å². The monoisotopic (exact) mass is 358 g/mol. The Morgan fingerprint density at radius 2 is 2.00 bits per heavy atom. The van der Waals surface area contributed by atoms with Crippen LogP contribution in [0, 0.1) is 0 Å². The third kappa shape index (κ3) is 4.53. The quantitative estimate of drug-likeness (QED) is 0.717. The summed E-state index contributed by atoms with van der Waals surface area (Å²) in [5.74, 6) is 0. The number of benzene rings is 1. The van der Waals surface area contributed by atoms with Gasteiger partial charge in [0.05, 0.1) is 11.4 Å². The number of nitrogens with one attached hydrogen (secondary N) is 2. The first-order chi connectivity index (χ1) is 11.7. The molecule has 1 aromatic carbocycles. The molecule has 122 valence electrons. The molecular formula is C17H15ClN4OS. The summed E-state index contributed by atoms with van der Waals surface area (Å²) in [7, 11) is 0. The first kappa shape index (κ1) is 16.4. The average Bonchev–Trinajstić information content (AvgIpc) is 3.07. The van der Waals surface area contributed by atoms with E-state index < -0.39 is 0 Å². The number of hydrogen-bond donors (Lipinski definition) is 2. The molecule has 0 spiro atoms. The number of nitrogens with zero attached hydrogens (tertiary/aromatic N) is 2. The van der Waals surface area contributed by atoms with Gasteiger partial charge in [0, 0.05) is 35.3 Å². The van der Waals surface area contributed by atoms with E-state index in [2.05, 4.69) is 20.6 Å². The molecule has 24 heavy (non-hydrogen) atoms. The van der Waals surface area contributed by atoms with Crippen molar-refractivity contribution in [2.45, 2.75) is 6.42 Å². The Labute approximate surface area is 148 Å². The fourth-order valence-corrected chi connectivity index (χ4v) is 3.00. The number of amides is 2. The van der Waals surface area contributed by atoms with Gasteiger partial charge in [-0.05, 0) is 36.4 Å². The third-order valence-electron chi connectivity index (χ3n) is 3.20. The van der Waals surface area contributed by atoms with E-state index in [-0.39, 0.29) is 6.03 Å². The summed E-state index contributed by atoms with van der Waals surface area (Å²) >= 11 is 7.36. The van der Waals surface area contributed by atoms with Crippen LogP contribution < -0.4 is 10.6 Å². The Morgan fingerprint density at radius 3 is 2.75 bits per heavy atom. The lowest BCUT2D eigenvalue weighted by molar-refractivity contribution is 0.252. The van der Waals surface area contributed by atoms with E-state index >= 15 is 0 Å². The average molecular weight is 359 g/mol. The van der Waals surface area contributed by atoms with Crippen molar-refractivity contribution in [3.05, 3.63) is 64.8 Å². The normalized spacial score (nSPS) is 10.4. The molecule has 3 rings (SSSR count). The van der Waals surface area contributed by atoms with Gasteiger partial charge in [-0.3, -0.25) is 4.98 Å². The molecule has 2 heterocycles. The van der Waals surface area contributed by atoms with E-state index in [4.69, 9.17) is 11.6 Å². The first-order valence-corrected chi connectivity index (χ1v) is 8.63. The van der Waals surface area contributed by atoms with E-state index in [9.17, 15) is 4.79 Å². The second-order valence-electron chi connectivity index (χ2n) is 5.00. The van der Waals surface area contributed by atoms with Gasteiger partial charge in [0.1, 0.15) is 5.01 Å². The van der Waals surface area contributed by atoms with E-state index in [1.807, 2.05) is 23.6 Å². The fraction of sp³-hybridized carbons (Fsp3) is 0.118. The van der Waals surface area contributed by atoms with E-state index in [1.165, 1.54) is 0 Å². The van der Waals surface area contributed by atoms with Crippen molar-refractivity contribution in [2.24, 2.45) is 0 Å². The van der Waals surface area contributed by atoms with Gasteiger partial charge in [-0.25, -0.2) is 9.78 Å². The molecule has 0 fully saturated rings. The summed E-state index contributed by atoms with van der Waals surface area (Å²) < 4.78 is 0. The number of anilines is 1. The molecule has 7 heteroatoms. The summed E-state index contributed by atoms with van der Waals surface area (Å²) in [4.78, 5) is 20.7. The molecule has 0 aliphatic heterocycles. The minimum Gasteiger partial charge on any atom is -0.337 e. The van der Waals surface area contributed by atoms with Crippen LogP contribution in [-0.4, -0.2) is 22.5 Å². The van der Waals surface area contributed by atoms with Gasteiger partial charge in [0.25, 0.3) is 0 Å². The predicted molar refractivity (Wildman–Crippen MR) is 97.5 cm³/mol. The van der Waals surface area contributed by atoms with Crippen molar-refractivity contribution in [3.63, 3.8) is 0 Å². The Kier molecular flexibility index (Phi) is 5.40. The summed E-state index contributed by atoms with van der Waals surface area (Å²) in [5, 5.41) is 9.07. The second-order valence-corrected chi connectivity index (χ2v) is 6.29. The maximum Gasteiger partial charge on any atom is 0.319 e. The van der Waals surface area contributed by atoms with E-state index in [0.29, 0.717) is 23.7 Å². The van der Waals surface area contributed by atoms with Gasteiger partial charge >= 0.3 is 6.03 Å². The number of thiazole rings is 1. The molecule has 2 aromatic heterocycles. The minimum absolute atomic E-state index is 0.252. The maximum absolute atomic E-state index is 11.8. The van der Waals surface area contributed by atoms with Crippen LogP contribution in [0.5, 0.6) is 0 Å². The van der Waals surface area contributed by atoms with Crippen LogP contribution in [0.25, 0.3) is 10.7 Å². The van der Waals surface area contributed by atoms with Crippen LogP contribution in [0.1, 0.15) is 5.69 Å². The van der Waals surface area contributed by atoms with Crippen LogP contribution in [0.4, 0.5) is 10.5 Å². The SMILES string of the molecule is O=C(NCCc1csc(-c2ccccn2)n1)Nc1ccc(Cl)cc1. The Bertz CT molecular complexity index is 805. The molecule has 0 aliphatic rings. The van der Waals surface area contributed by atoms with Crippen LogP contribution in [-0.2, 0) is 6.42 Å². The number of halogens is 1. The van der Waals surface area contributed by atoms with Gasteiger partial charge in [0.15, 0.2) is 0 Å². The highest BCUT2D eigenvalue weighted by molar-refractivity contribution is 7.13. The molecule has 5 nitrogen and oxygen atoms in total. The lowest BCUT2D eigenvalue weighted by atomic mass is 10.3. The number of pyridine rings is 1. The smallest absolute Gasteiger partial charge is 0.319 e. The number of carbonyl (C=O) groups is 1. The van der Waals surface area contributed by atoms with Crippen molar-refractivity contribution in [1.82, 2.24) is 15.3 Å². The van der Waals surface area contributed by atoms with Crippen molar-refractivity contribution in [2.75, 3.05) is 11.9 Å². The second kappa shape index (κ2) is 7.90. The number of aromatic nitrogens is 2. The number of urea groups is 1. The number of carbonyl (C=O) groups excluding carboxylic acids is 1. The van der Waals surface area contributed by atoms with Crippen molar-refractivity contribution in [3.8, 4) is 10.7 Å². The molecule has 0 saturated heterocycles. The lowest BCUT2D eigenvalue weighted by Crippen LogP contribution is -2.30. The largest absolute Gasteiger partial charge is 0.337 e. The Balaban J connectivity index is 1.47. The standard InChI is InChI=1S/C17H15ClN4OS/c18-12-4-6-13(7-5-12)22-17(23)20-10-8-14-11-24-16(21-14)15-3-1-2-9-19-15/h1-7,9,11H,8,10H2,(H2,20,22,23). The summed E-state index contributed by atoms with van der Waals surface area (Å²) in [6.45, 7) is 0.505. The molecular weight excluding hydrogens is 344 g/mol. The van der Waals surface area contributed by atoms with Crippen molar-refractivity contribution in [1.29, 1.82) is 0 Å². The van der Waals surface area contributed by atoms with Crippen LogP contribution >= 0.6 is 22.9 Å². The lowest BCUT2D eigenvalue weighted by Gasteiger charge is -2.06. The van der Waals surface area contributed by atoms with Crippen molar-refractivity contribution >= 4 is 34.7 Å². The molecule has 0 saturated carbocycles. The van der Waals surface area contributed by atoms with Gasteiger partial charge in [0.2, 0.25) is 0 Å². The molecule has 2 amide bonds. The van der Waals surface area contributed by atoms with Gasteiger partial charge in [-0.1, -0.05) is 17.7 Å². The summed E-state index contributed by atoms with van der Waals surface area (Å²) in [6, 6.07) is 12.4. The third-order valence-corrected chi connectivity index (χ3v) is 4.37. The van der Waals surface area contributed by atoms with Crippen molar-refractivity contribution < 1.29 is 4.79 Å². The zero-order chi connectivity index (χ0) is 16.8.